The van der Waals surface area contributed by atoms with Gasteiger partial charge in [0.05, 0.1) is 12.2 Å². The van der Waals surface area contributed by atoms with Gasteiger partial charge in [-0.25, -0.2) is 8.42 Å². The van der Waals surface area contributed by atoms with Gasteiger partial charge in [0.15, 0.2) is 9.84 Å². The van der Waals surface area contributed by atoms with Crippen molar-refractivity contribution in [2.24, 2.45) is 0 Å². The largest absolute Gasteiger partial charge is 0.481 e. The second-order valence-electron chi connectivity index (χ2n) is 3.56. The molecule has 16 heavy (non-hydrogen) atoms. The molecule has 88 valence electrons. The number of hydrogen-bond acceptors (Lipinski definition) is 3. The lowest BCUT2D eigenvalue weighted by Crippen LogP contribution is -2.06. The van der Waals surface area contributed by atoms with Crippen LogP contribution in [0.3, 0.4) is 0 Å². The van der Waals surface area contributed by atoms with Crippen LogP contribution in [0.4, 0.5) is 0 Å². The Bertz CT molecular complexity index is 459. The minimum atomic E-state index is -3.02. The van der Waals surface area contributed by atoms with Crippen molar-refractivity contribution in [2.75, 3.05) is 5.75 Å². The van der Waals surface area contributed by atoms with Crippen molar-refractivity contribution in [3.63, 3.8) is 0 Å². The van der Waals surface area contributed by atoms with E-state index in [1.54, 1.807) is 31.2 Å². The molecule has 4 nitrogen and oxygen atoms in total. The molecule has 1 N–H and O–H groups in total. The van der Waals surface area contributed by atoms with Crippen LogP contribution in [0.5, 0.6) is 0 Å². The van der Waals surface area contributed by atoms with E-state index in [2.05, 4.69) is 0 Å². The van der Waals surface area contributed by atoms with E-state index in [-0.39, 0.29) is 17.9 Å². The monoisotopic (exact) mass is 242 g/mol. The Morgan fingerprint density at radius 2 is 1.69 bits per heavy atom. The lowest BCUT2D eigenvalue weighted by atomic mass is 10.1. The molecule has 0 unspecified atom stereocenters. The number of carbonyl (C=O) groups is 1. The summed E-state index contributed by atoms with van der Waals surface area (Å²) in [5, 5.41) is 8.56. The number of aliphatic carboxylic acids is 1. The highest BCUT2D eigenvalue weighted by Crippen LogP contribution is 2.09. The van der Waals surface area contributed by atoms with Crippen molar-refractivity contribution < 1.29 is 18.3 Å². The van der Waals surface area contributed by atoms with Gasteiger partial charge in [-0.15, -0.1) is 0 Å². The van der Waals surface area contributed by atoms with Gasteiger partial charge >= 0.3 is 5.97 Å². The third-order valence-electron chi connectivity index (χ3n) is 2.20. The van der Waals surface area contributed by atoms with Crippen molar-refractivity contribution in [2.45, 2.75) is 19.1 Å². The van der Waals surface area contributed by atoms with Crippen molar-refractivity contribution >= 4 is 15.8 Å². The van der Waals surface area contributed by atoms with E-state index in [1.165, 1.54) is 0 Å². The van der Waals surface area contributed by atoms with Crippen LogP contribution in [-0.2, 0) is 26.8 Å². The van der Waals surface area contributed by atoms with Gasteiger partial charge in [0.1, 0.15) is 0 Å². The molecule has 0 amide bonds. The van der Waals surface area contributed by atoms with Gasteiger partial charge in [-0.3, -0.25) is 4.79 Å². The fourth-order valence-electron chi connectivity index (χ4n) is 1.28. The zero-order valence-electron chi connectivity index (χ0n) is 9.01. The summed E-state index contributed by atoms with van der Waals surface area (Å²) < 4.78 is 22.7. The van der Waals surface area contributed by atoms with Crippen molar-refractivity contribution in [3.8, 4) is 0 Å². The van der Waals surface area contributed by atoms with Crippen LogP contribution >= 0.6 is 0 Å². The second-order valence-corrected chi connectivity index (χ2v) is 5.92. The van der Waals surface area contributed by atoms with Crippen LogP contribution in [0.15, 0.2) is 24.3 Å². The van der Waals surface area contributed by atoms with Crippen molar-refractivity contribution in [1.29, 1.82) is 0 Å². The van der Waals surface area contributed by atoms with Gasteiger partial charge in [-0.05, 0) is 11.1 Å². The van der Waals surface area contributed by atoms with Gasteiger partial charge in [0, 0.05) is 5.75 Å². The smallest absolute Gasteiger partial charge is 0.307 e. The Morgan fingerprint density at radius 1 is 1.19 bits per heavy atom. The topological polar surface area (TPSA) is 71.4 Å². The molecule has 0 bridgehead atoms. The molecule has 0 saturated carbocycles. The number of rotatable bonds is 5. The Labute approximate surface area is 94.8 Å². The first-order chi connectivity index (χ1) is 7.43. The molecule has 0 heterocycles. The van der Waals surface area contributed by atoms with E-state index in [9.17, 15) is 13.2 Å². The third kappa shape index (κ3) is 4.02. The zero-order valence-corrected chi connectivity index (χ0v) is 9.83. The molecule has 0 radical (unpaired) electrons. The van der Waals surface area contributed by atoms with Gasteiger partial charge in [0.2, 0.25) is 0 Å². The zero-order chi connectivity index (χ0) is 12.2. The van der Waals surface area contributed by atoms with Crippen LogP contribution < -0.4 is 0 Å². The highest BCUT2D eigenvalue weighted by molar-refractivity contribution is 7.90. The molecule has 1 aromatic rings. The molecule has 0 fully saturated rings. The molecule has 1 rings (SSSR count). The van der Waals surface area contributed by atoms with Gasteiger partial charge < -0.3 is 5.11 Å². The van der Waals surface area contributed by atoms with Crippen LogP contribution in [0.25, 0.3) is 0 Å². The number of carboxylic acids is 1. The lowest BCUT2D eigenvalue weighted by molar-refractivity contribution is -0.136. The van der Waals surface area contributed by atoms with Crippen molar-refractivity contribution in [1.82, 2.24) is 0 Å². The van der Waals surface area contributed by atoms with Crippen molar-refractivity contribution in [3.05, 3.63) is 35.4 Å². The fourth-order valence-corrected chi connectivity index (χ4v) is 2.19. The Kier molecular flexibility index (Phi) is 4.06. The summed E-state index contributed by atoms with van der Waals surface area (Å²) in [4.78, 5) is 10.4. The molecular weight excluding hydrogens is 228 g/mol. The first kappa shape index (κ1) is 12.7. The van der Waals surface area contributed by atoms with Crippen LogP contribution in [0, 0.1) is 0 Å². The lowest BCUT2D eigenvalue weighted by Gasteiger charge is -2.03. The summed E-state index contributed by atoms with van der Waals surface area (Å²) in [6, 6.07) is 6.61. The Balaban J connectivity index is 2.76. The molecule has 0 spiro atoms. The quantitative estimate of drug-likeness (QED) is 0.843. The molecular formula is C11H14O4S. The second kappa shape index (κ2) is 5.12. The van der Waals surface area contributed by atoms with E-state index in [0.29, 0.717) is 11.1 Å². The maximum absolute atomic E-state index is 11.3. The summed E-state index contributed by atoms with van der Waals surface area (Å²) >= 11 is 0. The molecule has 0 aliphatic carbocycles. The van der Waals surface area contributed by atoms with E-state index < -0.39 is 15.8 Å². The molecule has 0 aromatic heterocycles. The maximum Gasteiger partial charge on any atom is 0.307 e. The summed E-state index contributed by atoms with van der Waals surface area (Å²) in [6.45, 7) is 1.61. The average molecular weight is 242 g/mol. The summed E-state index contributed by atoms with van der Waals surface area (Å²) in [7, 11) is -3.02. The standard InChI is InChI=1S/C11H14O4S/c1-2-16(14,15)8-10-5-3-9(4-6-10)7-11(12)13/h3-6H,2,7-8H2,1H3,(H,12,13). The number of hydrogen-bond donors (Lipinski definition) is 1. The summed E-state index contributed by atoms with van der Waals surface area (Å²) in [6.07, 6.45) is -0.0409. The summed E-state index contributed by atoms with van der Waals surface area (Å²) in [5.41, 5.74) is 1.36. The molecule has 0 saturated heterocycles. The van der Waals surface area contributed by atoms with Crippen LogP contribution in [0.1, 0.15) is 18.1 Å². The SMILES string of the molecule is CCS(=O)(=O)Cc1ccc(CC(=O)O)cc1. The molecule has 0 aliphatic rings. The van der Waals surface area contributed by atoms with E-state index in [0.717, 1.165) is 0 Å². The number of benzene rings is 1. The average Bonchev–Trinajstić information content (AvgIpc) is 2.20. The minimum Gasteiger partial charge on any atom is -0.481 e. The highest BCUT2D eigenvalue weighted by atomic mass is 32.2. The van der Waals surface area contributed by atoms with E-state index >= 15 is 0 Å². The van der Waals surface area contributed by atoms with Crippen LogP contribution in [0.2, 0.25) is 0 Å². The predicted molar refractivity (Wildman–Crippen MR) is 60.9 cm³/mol. The van der Waals surface area contributed by atoms with Gasteiger partial charge in [-0.1, -0.05) is 31.2 Å². The molecule has 0 atom stereocenters. The molecule has 1 aromatic carbocycles. The first-order valence-electron chi connectivity index (χ1n) is 4.93. The maximum atomic E-state index is 11.3. The fraction of sp³-hybridized carbons (Fsp3) is 0.364. The van der Waals surface area contributed by atoms with Gasteiger partial charge in [0.25, 0.3) is 0 Å². The Hall–Kier alpha value is -1.36. The highest BCUT2D eigenvalue weighted by Gasteiger charge is 2.08. The first-order valence-corrected chi connectivity index (χ1v) is 6.75. The summed E-state index contributed by atoms with van der Waals surface area (Å²) in [5.74, 6) is -0.769. The molecule has 5 heteroatoms. The van der Waals surface area contributed by atoms with Crippen LogP contribution in [-0.4, -0.2) is 25.2 Å². The predicted octanol–water partition coefficient (Wildman–Crippen LogP) is 1.25. The number of carboxylic acid groups (broad SMARTS) is 1. The normalized spacial score (nSPS) is 11.3. The van der Waals surface area contributed by atoms with Gasteiger partial charge in [-0.2, -0.15) is 0 Å². The third-order valence-corrected chi connectivity index (χ3v) is 3.86. The van der Waals surface area contributed by atoms with E-state index in [1.807, 2.05) is 0 Å². The molecule has 0 aliphatic heterocycles. The van der Waals surface area contributed by atoms with E-state index in [4.69, 9.17) is 5.11 Å². The number of sulfone groups is 1. The minimum absolute atomic E-state index is 0.0108. The Morgan fingerprint density at radius 3 is 2.12 bits per heavy atom.